The summed E-state index contributed by atoms with van der Waals surface area (Å²) in [6.45, 7) is 2.13. The van der Waals surface area contributed by atoms with Gasteiger partial charge in [-0.2, -0.15) is 0 Å². The van der Waals surface area contributed by atoms with E-state index in [1.54, 1.807) is 6.07 Å². The molecule has 0 saturated heterocycles. The first kappa shape index (κ1) is 10.7. The van der Waals surface area contributed by atoms with Crippen LogP contribution in [0.2, 0.25) is 0 Å². The molecule has 1 nitrogen and oxygen atoms in total. The van der Waals surface area contributed by atoms with Gasteiger partial charge in [-0.3, -0.25) is 0 Å². The van der Waals surface area contributed by atoms with Gasteiger partial charge in [-0.25, -0.2) is 0 Å². The average molecular weight is 212 g/mol. The molecular formula is C15H16O. The second kappa shape index (κ2) is 4.84. The summed E-state index contributed by atoms with van der Waals surface area (Å²) in [5.74, 6) is 0.406. The van der Waals surface area contributed by atoms with Crippen molar-refractivity contribution in [1.82, 2.24) is 0 Å². The number of aromatic hydroxyl groups is 1. The van der Waals surface area contributed by atoms with E-state index in [-0.39, 0.29) is 0 Å². The minimum absolute atomic E-state index is 0.406. The van der Waals surface area contributed by atoms with E-state index in [1.165, 1.54) is 5.56 Å². The summed E-state index contributed by atoms with van der Waals surface area (Å²) >= 11 is 0. The minimum atomic E-state index is 0.406. The van der Waals surface area contributed by atoms with Crippen LogP contribution in [0.3, 0.4) is 0 Å². The van der Waals surface area contributed by atoms with Crippen LogP contribution in [-0.2, 0) is 6.42 Å². The summed E-state index contributed by atoms with van der Waals surface area (Å²) in [4.78, 5) is 0. The molecule has 0 fully saturated rings. The van der Waals surface area contributed by atoms with Crippen LogP contribution >= 0.6 is 0 Å². The maximum absolute atomic E-state index is 9.88. The highest BCUT2D eigenvalue weighted by atomic mass is 16.3. The van der Waals surface area contributed by atoms with Gasteiger partial charge < -0.3 is 5.11 Å². The Morgan fingerprint density at radius 1 is 0.938 bits per heavy atom. The first-order valence-corrected chi connectivity index (χ1v) is 5.69. The Labute approximate surface area is 96.4 Å². The van der Waals surface area contributed by atoms with E-state index in [4.69, 9.17) is 0 Å². The van der Waals surface area contributed by atoms with Crippen LogP contribution in [0.4, 0.5) is 0 Å². The third-order valence-electron chi connectivity index (χ3n) is 2.74. The standard InChI is InChI=1S/C15H16O/c1-2-7-14-13(10-6-11-15(14)16)12-8-4-3-5-9-12/h3-6,8-11,16H,2,7H2,1H3. The fourth-order valence-electron chi connectivity index (χ4n) is 1.98. The lowest BCUT2D eigenvalue weighted by molar-refractivity contribution is 0.468. The maximum atomic E-state index is 9.88. The number of benzene rings is 2. The quantitative estimate of drug-likeness (QED) is 0.815. The SMILES string of the molecule is CCCc1c(O)cccc1-c1ccccc1. The fourth-order valence-corrected chi connectivity index (χ4v) is 1.98. The van der Waals surface area contributed by atoms with Crippen molar-refractivity contribution in [2.75, 3.05) is 0 Å². The average Bonchev–Trinajstić information content (AvgIpc) is 2.33. The van der Waals surface area contributed by atoms with E-state index in [0.29, 0.717) is 5.75 Å². The smallest absolute Gasteiger partial charge is 0.119 e. The zero-order valence-corrected chi connectivity index (χ0v) is 9.48. The molecule has 0 aliphatic rings. The Hall–Kier alpha value is -1.76. The molecule has 0 heterocycles. The van der Waals surface area contributed by atoms with Gasteiger partial charge in [-0.05, 0) is 23.6 Å². The van der Waals surface area contributed by atoms with Crippen LogP contribution in [0, 0.1) is 0 Å². The summed E-state index contributed by atoms with van der Waals surface area (Å²) in [5, 5.41) is 9.88. The Morgan fingerprint density at radius 3 is 2.38 bits per heavy atom. The van der Waals surface area contributed by atoms with E-state index >= 15 is 0 Å². The van der Waals surface area contributed by atoms with E-state index < -0.39 is 0 Å². The molecule has 0 spiro atoms. The van der Waals surface area contributed by atoms with Crippen molar-refractivity contribution in [3.63, 3.8) is 0 Å². The van der Waals surface area contributed by atoms with Gasteiger partial charge >= 0.3 is 0 Å². The Bertz CT molecular complexity index is 460. The highest BCUT2D eigenvalue weighted by Crippen LogP contribution is 2.30. The molecule has 0 radical (unpaired) electrons. The van der Waals surface area contributed by atoms with Crippen LogP contribution in [-0.4, -0.2) is 5.11 Å². The van der Waals surface area contributed by atoms with Crippen molar-refractivity contribution in [3.8, 4) is 16.9 Å². The zero-order valence-electron chi connectivity index (χ0n) is 9.48. The van der Waals surface area contributed by atoms with Gasteiger partial charge in [0.05, 0.1) is 0 Å². The number of phenols is 1. The summed E-state index contributed by atoms with van der Waals surface area (Å²) in [6.07, 6.45) is 1.95. The van der Waals surface area contributed by atoms with Crippen molar-refractivity contribution in [1.29, 1.82) is 0 Å². The topological polar surface area (TPSA) is 20.2 Å². The van der Waals surface area contributed by atoms with E-state index in [9.17, 15) is 5.11 Å². The second-order valence-corrected chi connectivity index (χ2v) is 3.92. The lowest BCUT2D eigenvalue weighted by atomic mass is 9.96. The molecule has 16 heavy (non-hydrogen) atoms. The Kier molecular flexibility index (Phi) is 3.25. The molecule has 0 bridgehead atoms. The first-order chi connectivity index (χ1) is 7.83. The largest absolute Gasteiger partial charge is 0.508 e. The Morgan fingerprint density at radius 2 is 1.69 bits per heavy atom. The monoisotopic (exact) mass is 212 g/mol. The van der Waals surface area contributed by atoms with Gasteiger partial charge in [0.1, 0.15) is 5.75 Å². The molecule has 0 unspecified atom stereocenters. The van der Waals surface area contributed by atoms with Crippen LogP contribution in [0.25, 0.3) is 11.1 Å². The molecule has 0 aliphatic heterocycles. The molecule has 0 saturated carbocycles. The molecule has 2 rings (SSSR count). The van der Waals surface area contributed by atoms with Crippen molar-refractivity contribution >= 4 is 0 Å². The Balaban J connectivity index is 2.52. The van der Waals surface area contributed by atoms with Crippen molar-refractivity contribution in [2.45, 2.75) is 19.8 Å². The molecule has 0 atom stereocenters. The summed E-state index contributed by atoms with van der Waals surface area (Å²) in [7, 11) is 0. The van der Waals surface area contributed by atoms with Gasteiger partial charge in [0.2, 0.25) is 0 Å². The second-order valence-electron chi connectivity index (χ2n) is 3.92. The third kappa shape index (κ3) is 2.08. The molecule has 1 heteroatoms. The first-order valence-electron chi connectivity index (χ1n) is 5.69. The predicted molar refractivity (Wildman–Crippen MR) is 67.5 cm³/mol. The highest BCUT2D eigenvalue weighted by molar-refractivity contribution is 5.69. The number of hydrogen-bond acceptors (Lipinski definition) is 1. The van der Waals surface area contributed by atoms with Crippen LogP contribution in [0.1, 0.15) is 18.9 Å². The third-order valence-corrected chi connectivity index (χ3v) is 2.74. The summed E-state index contributed by atoms with van der Waals surface area (Å²) < 4.78 is 0. The molecule has 1 N–H and O–H groups in total. The number of rotatable bonds is 3. The van der Waals surface area contributed by atoms with E-state index in [1.807, 2.05) is 24.3 Å². The lowest BCUT2D eigenvalue weighted by Gasteiger charge is -2.10. The van der Waals surface area contributed by atoms with Gasteiger partial charge in [0, 0.05) is 5.56 Å². The minimum Gasteiger partial charge on any atom is -0.508 e. The number of phenolic OH excluding ortho intramolecular Hbond substituents is 1. The van der Waals surface area contributed by atoms with Gasteiger partial charge in [0.25, 0.3) is 0 Å². The van der Waals surface area contributed by atoms with Crippen LogP contribution < -0.4 is 0 Å². The summed E-state index contributed by atoms with van der Waals surface area (Å²) in [5.41, 5.74) is 3.36. The molecule has 0 aromatic heterocycles. The van der Waals surface area contributed by atoms with Gasteiger partial charge in [-0.15, -0.1) is 0 Å². The lowest BCUT2D eigenvalue weighted by Crippen LogP contribution is -1.90. The molecule has 2 aromatic rings. The highest BCUT2D eigenvalue weighted by Gasteiger charge is 2.07. The molecule has 2 aromatic carbocycles. The zero-order chi connectivity index (χ0) is 11.4. The van der Waals surface area contributed by atoms with Crippen molar-refractivity contribution in [2.24, 2.45) is 0 Å². The van der Waals surface area contributed by atoms with E-state index in [2.05, 4.69) is 25.1 Å². The van der Waals surface area contributed by atoms with Crippen molar-refractivity contribution < 1.29 is 5.11 Å². The van der Waals surface area contributed by atoms with Crippen molar-refractivity contribution in [3.05, 3.63) is 54.1 Å². The van der Waals surface area contributed by atoms with Gasteiger partial charge in [-0.1, -0.05) is 55.8 Å². The molecular weight excluding hydrogens is 196 g/mol. The molecule has 0 amide bonds. The van der Waals surface area contributed by atoms with Crippen LogP contribution in [0.15, 0.2) is 48.5 Å². The maximum Gasteiger partial charge on any atom is 0.119 e. The fraction of sp³-hybridized carbons (Fsp3) is 0.200. The predicted octanol–water partition coefficient (Wildman–Crippen LogP) is 4.01. The molecule has 82 valence electrons. The van der Waals surface area contributed by atoms with E-state index in [0.717, 1.165) is 24.0 Å². The number of hydrogen-bond donors (Lipinski definition) is 1. The normalized spacial score (nSPS) is 10.3. The summed E-state index contributed by atoms with van der Waals surface area (Å²) in [6, 6.07) is 15.9. The van der Waals surface area contributed by atoms with Crippen LogP contribution in [0.5, 0.6) is 5.75 Å². The molecule has 0 aliphatic carbocycles. The van der Waals surface area contributed by atoms with Gasteiger partial charge in [0.15, 0.2) is 0 Å².